The molecule has 2 atom stereocenters. The summed E-state index contributed by atoms with van der Waals surface area (Å²) in [5.41, 5.74) is -0.679. The maximum absolute atomic E-state index is 13.2. The summed E-state index contributed by atoms with van der Waals surface area (Å²) in [5, 5.41) is 9.69. The van der Waals surface area contributed by atoms with E-state index in [2.05, 4.69) is 4.90 Å². The zero-order valence-electron chi connectivity index (χ0n) is 18.4. The van der Waals surface area contributed by atoms with Crippen molar-refractivity contribution >= 4 is 18.0 Å². The number of likely N-dealkylation sites (tertiary alicyclic amines) is 1. The second-order valence-corrected chi connectivity index (χ2v) is 9.05. The van der Waals surface area contributed by atoms with Crippen molar-refractivity contribution < 1.29 is 24.2 Å². The largest absolute Gasteiger partial charge is 0.480 e. The third kappa shape index (κ3) is 7.30. The van der Waals surface area contributed by atoms with E-state index in [4.69, 9.17) is 4.74 Å². The van der Waals surface area contributed by atoms with Gasteiger partial charge in [0.1, 0.15) is 17.7 Å². The lowest BCUT2D eigenvalue weighted by Crippen LogP contribution is -2.56. The first-order valence-corrected chi connectivity index (χ1v) is 10.0. The van der Waals surface area contributed by atoms with Crippen LogP contribution in [0.5, 0.6) is 0 Å². The molecule has 0 aromatic carbocycles. The number of hydrogen-bond donors (Lipinski definition) is 1. The summed E-state index contributed by atoms with van der Waals surface area (Å²) < 4.78 is 5.40. The molecule has 1 rings (SSSR count). The Labute approximate surface area is 168 Å². The molecule has 0 aliphatic carbocycles. The summed E-state index contributed by atoms with van der Waals surface area (Å²) in [4.78, 5) is 42.2. The Morgan fingerprint density at radius 1 is 1.04 bits per heavy atom. The van der Waals surface area contributed by atoms with E-state index in [1.54, 1.807) is 20.8 Å². The maximum atomic E-state index is 13.2. The summed E-state index contributed by atoms with van der Waals surface area (Å²) >= 11 is 0. The van der Waals surface area contributed by atoms with Crippen LogP contribution in [0.25, 0.3) is 0 Å². The van der Waals surface area contributed by atoms with Crippen molar-refractivity contribution in [2.45, 2.75) is 71.6 Å². The van der Waals surface area contributed by atoms with E-state index in [0.717, 1.165) is 25.9 Å². The van der Waals surface area contributed by atoms with Gasteiger partial charge in [-0.3, -0.25) is 9.69 Å². The van der Waals surface area contributed by atoms with E-state index in [-0.39, 0.29) is 11.8 Å². The number of nitrogens with zero attached hydrogens (tertiary/aromatic N) is 3. The highest BCUT2D eigenvalue weighted by atomic mass is 16.6. The second-order valence-electron chi connectivity index (χ2n) is 9.05. The van der Waals surface area contributed by atoms with Crippen molar-refractivity contribution in [3.63, 3.8) is 0 Å². The molecule has 1 saturated heterocycles. The fourth-order valence-electron chi connectivity index (χ4n) is 3.30. The summed E-state index contributed by atoms with van der Waals surface area (Å²) in [5.74, 6) is -1.27. The normalized spacial score (nSPS) is 17.3. The summed E-state index contributed by atoms with van der Waals surface area (Å²) in [6.07, 6.45) is 1.92. The Hall–Kier alpha value is -1.83. The predicted octanol–water partition coefficient (Wildman–Crippen LogP) is 2.28. The van der Waals surface area contributed by atoms with Crippen LogP contribution in [0.4, 0.5) is 4.79 Å². The second kappa shape index (κ2) is 10.1. The zero-order valence-corrected chi connectivity index (χ0v) is 18.4. The molecule has 162 valence electrons. The van der Waals surface area contributed by atoms with E-state index < -0.39 is 29.7 Å². The molecule has 0 aromatic heterocycles. The third-order valence-electron chi connectivity index (χ3n) is 4.86. The lowest BCUT2D eigenvalue weighted by atomic mass is 10.0. The van der Waals surface area contributed by atoms with Gasteiger partial charge in [-0.05, 0) is 59.0 Å². The van der Waals surface area contributed by atoms with Crippen molar-refractivity contribution in [1.29, 1.82) is 0 Å². The van der Waals surface area contributed by atoms with Crippen molar-refractivity contribution in [3.8, 4) is 0 Å². The number of likely N-dealkylation sites (N-methyl/N-ethyl adjacent to an activating group) is 2. The van der Waals surface area contributed by atoms with Crippen LogP contribution >= 0.6 is 0 Å². The number of hydrogen-bond acceptors (Lipinski definition) is 5. The van der Waals surface area contributed by atoms with Gasteiger partial charge < -0.3 is 19.6 Å². The topological polar surface area (TPSA) is 90.4 Å². The number of carboxylic acids is 1. The number of carboxylic acid groups (broad SMARTS) is 1. The molecule has 0 spiro atoms. The summed E-state index contributed by atoms with van der Waals surface area (Å²) in [6, 6.07) is -1.73. The molecule has 1 N–H and O–H groups in total. The van der Waals surface area contributed by atoms with E-state index in [9.17, 15) is 19.5 Å². The molecule has 0 radical (unpaired) electrons. The molecule has 1 unspecified atom stereocenters. The van der Waals surface area contributed by atoms with Gasteiger partial charge in [0.15, 0.2) is 0 Å². The Balaban J connectivity index is 2.98. The van der Waals surface area contributed by atoms with Gasteiger partial charge in [-0.15, -0.1) is 0 Å². The first kappa shape index (κ1) is 24.2. The zero-order chi connectivity index (χ0) is 21.6. The fraction of sp³-hybridized carbons (Fsp3) is 0.850. The molecule has 1 fully saturated rings. The van der Waals surface area contributed by atoms with Crippen LogP contribution in [-0.2, 0) is 14.3 Å². The lowest BCUT2D eigenvalue weighted by Gasteiger charge is -2.35. The van der Waals surface area contributed by atoms with Crippen LogP contribution in [0, 0.1) is 5.92 Å². The number of carbonyl (C=O) groups excluding carboxylic acids is 2. The first-order valence-electron chi connectivity index (χ1n) is 10.0. The van der Waals surface area contributed by atoms with Crippen LogP contribution in [0.2, 0.25) is 0 Å². The van der Waals surface area contributed by atoms with Crippen LogP contribution < -0.4 is 0 Å². The smallest absolute Gasteiger partial charge is 0.410 e. The molecule has 8 nitrogen and oxygen atoms in total. The minimum Gasteiger partial charge on any atom is -0.480 e. The van der Waals surface area contributed by atoms with Gasteiger partial charge in [-0.1, -0.05) is 13.8 Å². The van der Waals surface area contributed by atoms with Gasteiger partial charge in [0.25, 0.3) is 0 Å². The Bertz CT molecular complexity index is 553. The van der Waals surface area contributed by atoms with Gasteiger partial charge in [0.05, 0.1) is 0 Å². The molecule has 0 bridgehead atoms. The molecule has 8 heteroatoms. The van der Waals surface area contributed by atoms with E-state index in [0.29, 0.717) is 13.0 Å². The highest BCUT2D eigenvalue weighted by Gasteiger charge is 2.37. The first-order chi connectivity index (χ1) is 12.8. The Morgan fingerprint density at radius 3 is 2.00 bits per heavy atom. The molecule has 28 heavy (non-hydrogen) atoms. The number of carbonyl (C=O) groups is 3. The lowest BCUT2D eigenvalue weighted by molar-refractivity contribution is -0.152. The van der Waals surface area contributed by atoms with Gasteiger partial charge in [-0.2, -0.15) is 0 Å². The minimum absolute atomic E-state index is 0.147. The number of aliphatic carboxylic acids is 1. The van der Waals surface area contributed by atoms with Crippen LogP contribution in [0.15, 0.2) is 0 Å². The van der Waals surface area contributed by atoms with Gasteiger partial charge in [-0.25, -0.2) is 9.59 Å². The molecule has 2 amide bonds. The van der Waals surface area contributed by atoms with Crippen molar-refractivity contribution in [3.05, 3.63) is 0 Å². The highest BCUT2D eigenvalue weighted by Crippen LogP contribution is 2.19. The van der Waals surface area contributed by atoms with Crippen LogP contribution in [-0.4, -0.2) is 89.2 Å². The van der Waals surface area contributed by atoms with Crippen LogP contribution in [0.1, 0.15) is 53.9 Å². The predicted molar refractivity (Wildman–Crippen MR) is 107 cm³/mol. The molecule has 0 aromatic rings. The van der Waals surface area contributed by atoms with Crippen LogP contribution in [0.3, 0.4) is 0 Å². The fourth-order valence-corrected chi connectivity index (χ4v) is 3.30. The standard InChI is InChI=1S/C20H37N3O5/c1-14(2)12-15(22(7)19(27)28-20(3,4)5)17(24)21(6)16(18(25)26)13-23-10-8-9-11-23/h14-16H,8-13H2,1-7H3,(H,25,26)/t15-,16?/m0/s1. The average Bonchev–Trinajstić information content (AvgIpc) is 3.06. The quantitative estimate of drug-likeness (QED) is 0.673. The van der Waals surface area contributed by atoms with Gasteiger partial charge >= 0.3 is 12.1 Å². The van der Waals surface area contributed by atoms with Crippen molar-refractivity contribution in [2.24, 2.45) is 5.92 Å². The summed E-state index contributed by atoms with van der Waals surface area (Å²) in [6.45, 7) is 11.2. The van der Waals surface area contributed by atoms with Crippen molar-refractivity contribution in [1.82, 2.24) is 14.7 Å². The third-order valence-corrected chi connectivity index (χ3v) is 4.86. The molecular formula is C20H37N3O5. The Kier molecular flexibility index (Phi) is 8.73. The molecule has 1 heterocycles. The SMILES string of the molecule is CC(C)C[C@@H](C(=O)N(C)C(CN1CCCC1)C(=O)O)N(C)C(=O)OC(C)(C)C. The van der Waals surface area contributed by atoms with E-state index in [1.807, 2.05) is 13.8 Å². The monoisotopic (exact) mass is 399 g/mol. The van der Waals surface area contributed by atoms with Gasteiger partial charge in [0, 0.05) is 20.6 Å². The average molecular weight is 400 g/mol. The number of rotatable bonds is 8. The van der Waals surface area contributed by atoms with E-state index in [1.165, 1.54) is 23.9 Å². The summed E-state index contributed by atoms with van der Waals surface area (Å²) in [7, 11) is 3.04. The molecule has 1 aliphatic rings. The molecule has 1 aliphatic heterocycles. The number of amides is 2. The molecule has 0 saturated carbocycles. The van der Waals surface area contributed by atoms with Gasteiger partial charge in [0.2, 0.25) is 5.91 Å². The Morgan fingerprint density at radius 2 is 1.57 bits per heavy atom. The minimum atomic E-state index is -1.04. The maximum Gasteiger partial charge on any atom is 0.410 e. The molecular weight excluding hydrogens is 362 g/mol. The van der Waals surface area contributed by atoms with Crippen molar-refractivity contribution in [2.75, 3.05) is 33.7 Å². The van der Waals surface area contributed by atoms with E-state index >= 15 is 0 Å². The number of ether oxygens (including phenoxy) is 1. The highest BCUT2D eigenvalue weighted by molar-refractivity contribution is 5.89.